The van der Waals surface area contributed by atoms with Crippen molar-refractivity contribution in [2.75, 3.05) is 20.1 Å². The fourth-order valence-corrected chi connectivity index (χ4v) is 13.0. The second kappa shape index (κ2) is 8.93. The summed E-state index contributed by atoms with van der Waals surface area (Å²) in [5.41, 5.74) is 0. The number of para-hydroxylation sites is 2. The van der Waals surface area contributed by atoms with Crippen LogP contribution in [0.15, 0.2) is 48.5 Å². The molecule has 0 radical (unpaired) electrons. The molecule has 0 saturated carbocycles. The first kappa shape index (κ1) is 22.2. The molecule has 2 aromatic carbocycles. The molecule has 0 aliphatic carbocycles. The molecule has 0 spiro atoms. The van der Waals surface area contributed by atoms with E-state index in [1.165, 1.54) is 16.5 Å². The third kappa shape index (κ3) is 5.46. The van der Waals surface area contributed by atoms with Crippen molar-refractivity contribution in [3.8, 4) is 11.5 Å². The third-order valence-corrected chi connectivity index (χ3v) is 12.1. The third-order valence-electron chi connectivity index (χ3n) is 4.65. The fourth-order valence-electron chi connectivity index (χ4n) is 3.56. The van der Waals surface area contributed by atoms with Gasteiger partial charge < -0.3 is 9.47 Å². The van der Waals surface area contributed by atoms with Crippen molar-refractivity contribution in [3.05, 3.63) is 48.5 Å². The molecule has 4 heteroatoms. The first-order valence-electron chi connectivity index (χ1n) is 9.41. The van der Waals surface area contributed by atoms with Crippen LogP contribution in [0.4, 0.5) is 0 Å². The highest BCUT2D eigenvalue weighted by Gasteiger charge is 2.37. The van der Waals surface area contributed by atoms with Gasteiger partial charge in [0.2, 0.25) is 0 Å². The normalized spacial score (nSPS) is 12.5. The molecule has 148 valence electrons. The van der Waals surface area contributed by atoms with Crippen LogP contribution in [0.25, 0.3) is 0 Å². The zero-order chi connectivity index (χ0) is 20.2. The molecule has 0 aromatic heterocycles. The Morgan fingerprint density at radius 1 is 0.667 bits per heavy atom. The highest BCUT2D eigenvalue weighted by Crippen LogP contribution is 2.65. The molecule has 0 saturated heterocycles. The number of hydrogen-bond donors (Lipinski definition) is 0. The smallest absolute Gasteiger partial charge is 0.126 e. The summed E-state index contributed by atoms with van der Waals surface area (Å²) in [6.07, 6.45) is 0. The highest BCUT2D eigenvalue weighted by molar-refractivity contribution is 7.84. The molecule has 2 rings (SSSR count). The second-order valence-corrected chi connectivity index (χ2v) is 15.2. The van der Waals surface area contributed by atoms with Gasteiger partial charge in [0.25, 0.3) is 0 Å². The van der Waals surface area contributed by atoms with Gasteiger partial charge in [0.05, 0.1) is 14.2 Å². The molecule has 0 bridgehead atoms. The van der Waals surface area contributed by atoms with E-state index in [9.17, 15) is 0 Å². The Bertz CT molecular complexity index is 683. The van der Waals surface area contributed by atoms with Crippen LogP contribution in [0.2, 0.25) is 0 Å². The Morgan fingerprint density at radius 2 is 1.04 bits per heavy atom. The maximum atomic E-state index is 5.76. The quantitative estimate of drug-likeness (QED) is 0.536. The number of ether oxygens (including phenoxy) is 2. The minimum atomic E-state index is -0.593. The molecule has 0 fully saturated rings. The Hall–Kier alpha value is -1.10. The molecule has 0 amide bonds. The summed E-state index contributed by atoms with van der Waals surface area (Å²) >= 11 is 0. The molecule has 27 heavy (non-hydrogen) atoms. The Morgan fingerprint density at radius 3 is 1.37 bits per heavy atom. The van der Waals surface area contributed by atoms with Gasteiger partial charge in [-0.05, 0) is 36.3 Å². The zero-order valence-corrected chi connectivity index (χ0v) is 19.8. The van der Waals surface area contributed by atoms with Crippen LogP contribution in [0.5, 0.6) is 11.5 Å². The fraction of sp³-hybridized carbons (Fsp3) is 0.478. The van der Waals surface area contributed by atoms with E-state index in [0.29, 0.717) is 0 Å². The molecule has 0 N–H and O–H groups in total. The van der Waals surface area contributed by atoms with E-state index in [4.69, 9.17) is 9.47 Å². The van der Waals surface area contributed by atoms with Crippen LogP contribution in [0, 0.1) is 0 Å². The number of hydrogen-bond acceptors (Lipinski definition) is 2. The van der Waals surface area contributed by atoms with Gasteiger partial charge in [-0.2, -0.15) is 0 Å². The molecule has 0 heterocycles. The van der Waals surface area contributed by atoms with Crippen LogP contribution < -0.4 is 20.1 Å². The van der Waals surface area contributed by atoms with Gasteiger partial charge in [-0.3, -0.25) is 0 Å². The highest BCUT2D eigenvalue weighted by atomic mass is 31.2. The average Bonchev–Trinajstić information content (AvgIpc) is 2.60. The lowest BCUT2D eigenvalue weighted by Gasteiger charge is -2.43. The van der Waals surface area contributed by atoms with E-state index >= 15 is 0 Å². The molecular weight excluding hydrogens is 370 g/mol. The predicted molar refractivity (Wildman–Crippen MR) is 123 cm³/mol. The molecule has 0 unspecified atom stereocenters. The van der Waals surface area contributed by atoms with E-state index < -0.39 is 7.92 Å². The van der Waals surface area contributed by atoms with Crippen molar-refractivity contribution in [1.29, 1.82) is 0 Å². The Balaban J connectivity index is 2.63. The average molecular weight is 404 g/mol. The van der Waals surface area contributed by atoms with Crippen LogP contribution in [-0.4, -0.2) is 30.4 Å². The van der Waals surface area contributed by atoms with Gasteiger partial charge >= 0.3 is 0 Å². The topological polar surface area (TPSA) is 18.5 Å². The first-order valence-corrected chi connectivity index (χ1v) is 12.5. The van der Waals surface area contributed by atoms with E-state index in [1.54, 1.807) is 14.2 Å². The van der Waals surface area contributed by atoms with Gasteiger partial charge in [0.1, 0.15) is 11.5 Å². The van der Waals surface area contributed by atoms with Crippen molar-refractivity contribution < 1.29 is 9.47 Å². The maximum absolute atomic E-state index is 5.76. The summed E-state index contributed by atoms with van der Waals surface area (Å²) < 4.78 is 11.5. The lowest BCUT2D eigenvalue weighted by molar-refractivity contribution is 0.417. The minimum absolute atomic E-state index is 0.246. The van der Waals surface area contributed by atoms with Crippen molar-refractivity contribution in [1.82, 2.24) is 0 Å². The SMILES string of the molecule is COc1ccccc1P(CP(C(C)(C)C)C(C)(C)C)c1ccccc1OC. The van der Waals surface area contributed by atoms with Gasteiger partial charge in [-0.25, -0.2) is 0 Å². The number of methoxy groups -OCH3 is 2. The van der Waals surface area contributed by atoms with Gasteiger partial charge in [-0.1, -0.05) is 85.9 Å². The van der Waals surface area contributed by atoms with Gasteiger partial charge in [0, 0.05) is 10.6 Å². The van der Waals surface area contributed by atoms with E-state index in [-0.39, 0.29) is 18.2 Å². The van der Waals surface area contributed by atoms with Crippen LogP contribution >= 0.6 is 15.8 Å². The minimum Gasteiger partial charge on any atom is -0.496 e. The van der Waals surface area contributed by atoms with E-state index in [2.05, 4.69) is 90.1 Å². The van der Waals surface area contributed by atoms with Gasteiger partial charge in [0.15, 0.2) is 0 Å². The lowest BCUT2D eigenvalue weighted by Crippen LogP contribution is -2.28. The molecule has 2 aromatic rings. The second-order valence-electron chi connectivity index (χ2n) is 8.68. The molecule has 2 nitrogen and oxygen atoms in total. The maximum Gasteiger partial charge on any atom is 0.126 e. The van der Waals surface area contributed by atoms with Crippen molar-refractivity contribution >= 4 is 26.5 Å². The zero-order valence-electron chi connectivity index (χ0n) is 18.0. The molecule has 0 aliphatic rings. The summed E-state index contributed by atoms with van der Waals surface area (Å²) in [5.74, 6) is 3.12. The largest absolute Gasteiger partial charge is 0.496 e. The summed E-state index contributed by atoms with van der Waals surface area (Å²) in [4.78, 5) is 0. The van der Waals surface area contributed by atoms with Crippen molar-refractivity contribution in [3.63, 3.8) is 0 Å². The van der Waals surface area contributed by atoms with E-state index in [1.807, 2.05) is 0 Å². The number of rotatable bonds is 6. The Labute approximate surface area is 168 Å². The van der Waals surface area contributed by atoms with E-state index in [0.717, 1.165) is 11.5 Å². The van der Waals surface area contributed by atoms with Crippen LogP contribution in [0.1, 0.15) is 41.5 Å². The lowest BCUT2D eigenvalue weighted by atomic mass is 10.2. The molecular formula is C23H34O2P2. The standard InChI is InChI=1S/C23H34O2P2/c1-22(2,3)27(23(4,5)6)17-26(20-15-11-9-13-18(20)24-7)21-16-12-10-14-19(21)25-8/h9-16H,17H2,1-8H3. The first-order chi connectivity index (χ1) is 12.6. The summed E-state index contributed by atoms with van der Waals surface area (Å²) in [6, 6.07) is 17.0. The summed E-state index contributed by atoms with van der Waals surface area (Å²) in [6.45, 7) is 14.3. The predicted octanol–water partition coefficient (Wildman–Crippen LogP) is 6.17. The molecule has 0 aliphatic heterocycles. The van der Waals surface area contributed by atoms with Crippen molar-refractivity contribution in [2.45, 2.75) is 51.9 Å². The monoisotopic (exact) mass is 404 g/mol. The summed E-state index contributed by atoms with van der Waals surface area (Å²) in [5, 5.41) is 3.16. The van der Waals surface area contributed by atoms with Crippen LogP contribution in [0.3, 0.4) is 0 Å². The number of benzene rings is 2. The van der Waals surface area contributed by atoms with Crippen molar-refractivity contribution in [2.24, 2.45) is 0 Å². The van der Waals surface area contributed by atoms with Crippen LogP contribution in [-0.2, 0) is 0 Å². The Kier molecular flexibility index (Phi) is 7.34. The van der Waals surface area contributed by atoms with Gasteiger partial charge in [-0.15, -0.1) is 0 Å². The summed E-state index contributed by atoms with van der Waals surface area (Å²) in [7, 11) is 2.70. The molecule has 0 atom stereocenters.